The zero-order valence-electron chi connectivity index (χ0n) is 19.6. The van der Waals surface area contributed by atoms with Crippen molar-refractivity contribution in [2.75, 3.05) is 0 Å². The van der Waals surface area contributed by atoms with Gasteiger partial charge in [0.1, 0.15) is 0 Å². The summed E-state index contributed by atoms with van der Waals surface area (Å²) in [6.07, 6.45) is 9.35. The smallest absolute Gasteiger partial charge is 0.314 e. The van der Waals surface area contributed by atoms with Gasteiger partial charge in [-0.2, -0.15) is 5.10 Å². The number of hydrogen-bond donors (Lipinski definition) is 1. The lowest BCUT2D eigenvalue weighted by molar-refractivity contribution is -0.140. The van der Waals surface area contributed by atoms with Gasteiger partial charge in [0.15, 0.2) is 0 Å². The maximum Gasteiger partial charge on any atom is 0.314 e. The number of aryl methyl sites for hydroxylation is 1. The Labute approximate surface area is 198 Å². The first-order valence-corrected chi connectivity index (χ1v) is 11.5. The van der Waals surface area contributed by atoms with Gasteiger partial charge in [-0.1, -0.05) is 44.2 Å². The van der Waals surface area contributed by atoms with Gasteiger partial charge < -0.3 is 5.11 Å². The molecule has 3 heterocycles. The average Bonchev–Trinajstić information content (AvgIpc) is 3.59. The van der Waals surface area contributed by atoms with Crippen molar-refractivity contribution in [1.29, 1.82) is 0 Å². The Bertz CT molecular complexity index is 1340. The lowest BCUT2D eigenvalue weighted by Gasteiger charge is -2.11. The molecular weight excluding hydrogens is 426 g/mol. The van der Waals surface area contributed by atoms with Crippen LogP contribution in [0.3, 0.4) is 0 Å². The van der Waals surface area contributed by atoms with E-state index < -0.39 is 11.4 Å². The highest BCUT2D eigenvalue weighted by Gasteiger charge is 2.51. The highest BCUT2D eigenvalue weighted by Crippen LogP contribution is 2.48. The summed E-state index contributed by atoms with van der Waals surface area (Å²) in [5, 5.41) is 14.0. The van der Waals surface area contributed by atoms with Crippen LogP contribution in [0.4, 0.5) is 0 Å². The predicted octanol–water partition coefficient (Wildman–Crippen LogP) is 4.77. The third kappa shape index (κ3) is 3.98. The Morgan fingerprint density at radius 3 is 2.38 bits per heavy atom. The van der Waals surface area contributed by atoms with Gasteiger partial charge in [0.25, 0.3) is 0 Å². The van der Waals surface area contributed by atoms with Crippen LogP contribution in [0.5, 0.6) is 0 Å². The van der Waals surface area contributed by atoms with Gasteiger partial charge in [-0.15, -0.1) is 0 Å². The van der Waals surface area contributed by atoms with E-state index in [2.05, 4.69) is 23.9 Å². The molecule has 4 aromatic rings. The second kappa shape index (κ2) is 8.48. The molecule has 0 amide bonds. The van der Waals surface area contributed by atoms with Crippen molar-refractivity contribution in [3.63, 3.8) is 0 Å². The minimum atomic E-state index is -0.736. The van der Waals surface area contributed by atoms with Crippen molar-refractivity contribution in [3.05, 3.63) is 83.8 Å². The number of rotatable bonds is 7. The third-order valence-corrected chi connectivity index (χ3v) is 6.67. The van der Waals surface area contributed by atoms with Crippen LogP contribution in [-0.4, -0.2) is 35.8 Å². The van der Waals surface area contributed by atoms with E-state index in [1.165, 1.54) is 0 Å². The van der Waals surface area contributed by atoms with E-state index in [0.29, 0.717) is 25.2 Å². The molecule has 0 unspecified atom stereocenters. The molecule has 7 heteroatoms. The van der Waals surface area contributed by atoms with Crippen molar-refractivity contribution in [3.8, 4) is 22.4 Å². The van der Waals surface area contributed by atoms with Crippen molar-refractivity contribution in [2.24, 2.45) is 7.05 Å². The van der Waals surface area contributed by atoms with E-state index in [-0.39, 0.29) is 0 Å². The molecule has 0 atom stereocenters. The Hall–Kier alpha value is -3.87. The molecule has 5 rings (SSSR count). The Kier molecular flexibility index (Phi) is 5.48. The summed E-state index contributed by atoms with van der Waals surface area (Å²) < 4.78 is 1.86. The first-order chi connectivity index (χ1) is 16.4. The average molecular weight is 454 g/mol. The number of nitrogens with zero attached hydrogens (tertiary/aromatic N) is 5. The van der Waals surface area contributed by atoms with E-state index in [1.807, 2.05) is 66.7 Å². The van der Waals surface area contributed by atoms with E-state index in [1.54, 1.807) is 6.20 Å². The van der Waals surface area contributed by atoms with Gasteiger partial charge in [0.05, 0.1) is 34.4 Å². The quantitative estimate of drug-likeness (QED) is 0.433. The second-order valence-corrected chi connectivity index (χ2v) is 9.29. The number of carboxylic acids is 1. The fourth-order valence-corrected chi connectivity index (χ4v) is 4.30. The SMILES string of the molecule is CC(C)c1cncc(Cc2c(-c3ccc(-c4ccc(C5(C(=O)O)CC5)cc4)cn3)cnn2C)n1. The number of aromatic nitrogens is 5. The fraction of sp³-hybridized carbons (Fsp3) is 0.296. The maximum atomic E-state index is 11.6. The van der Waals surface area contributed by atoms with E-state index in [9.17, 15) is 9.90 Å². The molecule has 0 bridgehead atoms. The fourth-order valence-electron chi connectivity index (χ4n) is 4.30. The summed E-state index contributed by atoms with van der Waals surface area (Å²) >= 11 is 0. The highest BCUT2D eigenvalue weighted by atomic mass is 16.4. The van der Waals surface area contributed by atoms with Gasteiger partial charge in [0.2, 0.25) is 0 Å². The standard InChI is InChI=1S/C27H27N5O2/c1-17(2)24-16-28-14-21(31-24)12-25-22(15-30-32(25)3)23-9-6-19(13-29-23)18-4-7-20(8-5-18)27(10-11-27)26(33)34/h4-9,13-17H,10-12H2,1-3H3,(H,33,34). The molecule has 1 saturated carbocycles. The number of benzene rings is 1. The molecule has 34 heavy (non-hydrogen) atoms. The molecule has 3 aromatic heterocycles. The monoisotopic (exact) mass is 453 g/mol. The number of pyridine rings is 1. The molecule has 1 aliphatic rings. The predicted molar refractivity (Wildman–Crippen MR) is 129 cm³/mol. The van der Waals surface area contributed by atoms with Crippen LogP contribution < -0.4 is 0 Å². The molecule has 1 aromatic carbocycles. The summed E-state index contributed by atoms with van der Waals surface area (Å²) in [5.74, 6) is -0.416. The molecule has 172 valence electrons. The molecular formula is C27H27N5O2. The first kappa shape index (κ1) is 21.9. The van der Waals surface area contributed by atoms with Crippen LogP contribution in [-0.2, 0) is 23.7 Å². The minimum absolute atomic E-state index is 0.320. The van der Waals surface area contributed by atoms with Crippen molar-refractivity contribution in [2.45, 2.75) is 44.4 Å². The third-order valence-electron chi connectivity index (χ3n) is 6.67. The molecule has 1 N–H and O–H groups in total. The number of carbonyl (C=O) groups is 1. The van der Waals surface area contributed by atoms with Crippen molar-refractivity contribution >= 4 is 5.97 Å². The van der Waals surface area contributed by atoms with Crippen LogP contribution in [0.1, 0.15) is 55.3 Å². The number of hydrogen-bond acceptors (Lipinski definition) is 5. The lowest BCUT2D eigenvalue weighted by Crippen LogP contribution is -2.19. The van der Waals surface area contributed by atoms with Gasteiger partial charge in [-0.25, -0.2) is 0 Å². The minimum Gasteiger partial charge on any atom is -0.481 e. The molecule has 0 saturated heterocycles. The molecule has 1 fully saturated rings. The molecule has 0 spiro atoms. The van der Waals surface area contributed by atoms with Crippen molar-refractivity contribution < 1.29 is 9.90 Å². The van der Waals surface area contributed by atoms with Crippen LogP contribution in [0.15, 0.2) is 61.2 Å². The summed E-state index contributed by atoms with van der Waals surface area (Å²) in [7, 11) is 1.93. The van der Waals surface area contributed by atoms with Crippen LogP contribution in [0.2, 0.25) is 0 Å². The van der Waals surface area contributed by atoms with Crippen LogP contribution in [0, 0.1) is 0 Å². The Balaban J connectivity index is 1.38. The van der Waals surface area contributed by atoms with Crippen LogP contribution in [0.25, 0.3) is 22.4 Å². The zero-order chi connectivity index (χ0) is 23.9. The number of carboxylic acid groups (broad SMARTS) is 1. The van der Waals surface area contributed by atoms with Gasteiger partial charge >= 0.3 is 5.97 Å². The lowest BCUT2D eigenvalue weighted by atomic mass is 9.94. The second-order valence-electron chi connectivity index (χ2n) is 9.29. The Morgan fingerprint density at radius 1 is 1.03 bits per heavy atom. The number of aliphatic carboxylic acids is 1. The summed E-state index contributed by atoms with van der Waals surface area (Å²) in [6, 6.07) is 11.8. The summed E-state index contributed by atoms with van der Waals surface area (Å²) in [6.45, 7) is 4.22. The normalized spacial score (nSPS) is 14.4. The topological polar surface area (TPSA) is 93.8 Å². The van der Waals surface area contributed by atoms with Crippen molar-refractivity contribution in [1.82, 2.24) is 24.7 Å². The molecule has 0 radical (unpaired) electrons. The summed E-state index contributed by atoms with van der Waals surface area (Å²) in [4.78, 5) is 25.4. The molecule has 0 aliphatic heterocycles. The summed E-state index contributed by atoms with van der Waals surface area (Å²) in [5.41, 5.74) is 6.91. The van der Waals surface area contributed by atoms with Crippen LogP contribution >= 0.6 is 0 Å². The van der Waals surface area contributed by atoms with Gasteiger partial charge in [-0.05, 0) is 36.0 Å². The molecule has 1 aliphatic carbocycles. The van der Waals surface area contributed by atoms with E-state index in [0.717, 1.165) is 45.0 Å². The highest BCUT2D eigenvalue weighted by molar-refractivity contribution is 5.85. The first-order valence-electron chi connectivity index (χ1n) is 11.5. The maximum absolute atomic E-state index is 11.6. The van der Waals surface area contributed by atoms with E-state index >= 15 is 0 Å². The Morgan fingerprint density at radius 2 is 1.76 bits per heavy atom. The largest absolute Gasteiger partial charge is 0.481 e. The van der Waals surface area contributed by atoms with Gasteiger partial charge in [0, 0.05) is 43.2 Å². The van der Waals surface area contributed by atoms with E-state index in [4.69, 9.17) is 9.97 Å². The van der Waals surface area contributed by atoms with Gasteiger partial charge in [-0.3, -0.25) is 24.4 Å². The zero-order valence-corrected chi connectivity index (χ0v) is 19.6. The molecule has 7 nitrogen and oxygen atoms in total.